The molecule has 18 heavy (non-hydrogen) atoms. The lowest BCUT2D eigenvalue weighted by Gasteiger charge is -2.09. The van der Waals surface area contributed by atoms with Crippen molar-refractivity contribution in [3.63, 3.8) is 0 Å². The van der Waals surface area contributed by atoms with E-state index in [4.69, 9.17) is 11.6 Å². The third-order valence-corrected chi connectivity index (χ3v) is 2.99. The lowest BCUT2D eigenvalue weighted by atomic mass is 10.2. The van der Waals surface area contributed by atoms with Crippen LogP contribution in [0.5, 0.6) is 0 Å². The number of nitrogens with one attached hydrogen (secondary N) is 1. The van der Waals surface area contributed by atoms with E-state index in [2.05, 4.69) is 15.3 Å². The summed E-state index contributed by atoms with van der Waals surface area (Å²) >= 11 is 6.04. The minimum atomic E-state index is -0.280. The second-order valence-corrected chi connectivity index (χ2v) is 4.25. The average Bonchev–Trinajstić information content (AvgIpc) is 2.36. The van der Waals surface area contributed by atoms with Gasteiger partial charge in [0.25, 0.3) is 0 Å². The molecule has 0 spiro atoms. The van der Waals surface area contributed by atoms with Gasteiger partial charge >= 0.3 is 0 Å². The summed E-state index contributed by atoms with van der Waals surface area (Å²) in [5, 5.41) is 3.44. The molecule has 0 atom stereocenters. The zero-order valence-electron chi connectivity index (χ0n) is 10.2. The first-order chi connectivity index (χ1) is 8.60. The van der Waals surface area contributed by atoms with E-state index in [1.54, 1.807) is 12.1 Å². The molecule has 0 unspecified atom stereocenters. The predicted molar refractivity (Wildman–Crippen MR) is 70.8 cm³/mol. The highest BCUT2D eigenvalue weighted by Gasteiger charge is 2.08. The zero-order chi connectivity index (χ0) is 13.1. The van der Waals surface area contributed by atoms with E-state index in [1.807, 2.05) is 13.8 Å². The van der Waals surface area contributed by atoms with Crippen LogP contribution in [0.3, 0.4) is 0 Å². The van der Waals surface area contributed by atoms with E-state index in [0.717, 1.165) is 23.4 Å². The van der Waals surface area contributed by atoms with Crippen molar-refractivity contribution in [1.29, 1.82) is 0 Å². The van der Waals surface area contributed by atoms with Crippen LogP contribution in [-0.2, 0) is 6.42 Å². The number of rotatable bonds is 3. The summed E-state index contributed by atoms with van der Waals surface area (Å²) in [5.41, 5.74) is 2.52. The van der Waals surface area contributed by atoms with Crippen molar-refractivity contribution in [3.8, 4) is 0 Å². The lowest BCUT2D eigenvalue weighted by molar-refractivity contribution is 0.628. The normalized spacial score (nSPS) is 10.4. The molecule has 94 valence electrons. The first-order valence-corrected chi connectivity index (χ1v) is 6.03. The molecule has 1 aromatic carbocycles. The number of hydrogen-bond acceptors (Lipinski definition) is 3. The SMILES string of the molecule is CCc1nc(Nc2ccc(F)cc2)nc(Cl)c1C. The van der Waals surface area contributed by atoms with Gasteiger partial charge in [-0.15, -0.1) is 0 Å². The van der Waals surface area contributed by atoms with Gasteiger partial charge in [-0.3, -0.25) is 0 Å². The Morgan fingerprint density at radius 2 is 1.89 bits per heavy atom. The number of hydrogen-bond donors (Lipinski definition) is 1. The summed E-state index contributed by atoms with van der Waals surface area (Å²) < 4.78 is 12.8. The maximum atomic E-state index is 12.8. The van der Waals surface area contributed by atoms with E-state index < -0.39 is 0 Å². The average molecular weight is 266 g/mol. The fourth-order valence-corrected chi connectivity index (χ4v) is 1.78. The number of halogens is 2. The Labute approximate surface area is 110 Å². The first kappa shape index (κ1) is 12.8. The molecule has 0 bridgehead atoms. The molecule has 0 amide bonds. The molecular weight excluding hydrogens is 253 g/mol. The topological polar surface area (TPSA) is 37.8 Å². The highest BCUT2D eigenvalue weighted by Crippen LogP contribution is 2.20. The van der Waals surface area contributed by atoms with Crippen LogP contribution in [0, 0.1) is 12.7 Å². The van der Waals surface area contributed by atoms with Crippen molar-refractivity contribution >= 4 is 23.2 Å². The number of aromatic nitrogens is 2. The Morgan fingerprint density at radius 1 is 1.22 bits per heavy atom. The monoisotopic (exact) mass is 265 g/mol. The molecule has 1 heterocycles. The standard InChI is InChI=1S/C13H13ClFN3/c1-3-11-8(2)12(14)18-13(17-11)16-10-6-4-9(15)5-7-10/h4-7H,3H2,1-2H3,(H,16,17,18). The largest absolute Gasteiger partial charge is 0.324 e. The molecule has 0 fully saturated rings. The minimum absolute atomic E-state index is 0.280. The molecule has 0 radical (unpaired) electrons. The van der Waals surface area contributed by atoms with Crippen LogP contribution < -0.4 is 5.32 Å². The van der Waals surface area contributed by atoms with Crippen LogP contribution in [0.1, 0.15) is 18.2 Å². The summed E-state index contributed by atoms with van der Waals surface area (Å²) in [6.45, 7) is 3.90. The molecule has 0 aliphatic carbocycles. The number of nitrogens with zero attached hydrogens (tertiary/aromatic N) is 2. The lowest BCUT2D eigenvalue weighted by Crippen LogP contribution is -2.03. The van der Waals surface area contributed by atoms with Crippen LogP contribution >= 0.6 is 11.6 Å². The van der Waals surface area contributed by atoms with Crippen molar-refractivity contribution in [2.24, 2.45) is 0 Å². The Bertz CT molecular complexity index is 555. The highest BCUT2D eigenvalue weighted by molar-refractivity contribution is 6.30. The van der Waals surface area contributed by atoms with Crippen LogP contribution in [-0.4, -0.2) is 9.97 Å². The second-order valence-electron chi connectivity index (χ2n) is 3.90. The minimum Gasteiger partial charge on any atom is -0.324 e. The Balaban J connectivity index is 2.29. The third kappa shape index (κ3) is 2.76. The predicted octanol–water partition coefficient (Wildman–Crippen LogP) is 3.88. The van der Waals surface area contributed by atoms with E-state index in [0.29, 0.717) is 11.1 Å². The summed E-state index contributed by atoms with van der Waals surface area (Å²) in [6.07, 6.45) is 0.784. The van der Waals surface area contributed by atoms with Gasteiger partial charge in [0.15, 0.2) is 0 Å². The van der Waals surface area contributed by atoms with Gasteiger partial charge in [-0.2, -0.15) is 0 Å². The van der Waals surface area contributed by atoms with E-state index in [9.17, 15) is 4.39 Å². The molecule has 2 aromatic rings. The van der Waals surface area contributed by atoms with Gasteiger partial charge in [0.1, 0.15) is 11.0 Å². The zero-order valence-corrected chi connectivity index (χ0v) is 10.9. The summed E-state index contributed by atoms with van der Waals surface area (Å²) in [6, 6.07) is 5.99. The van der Waals surface area contributed by atoms with Gasteiger partial charge in [0, 0.05) is 11.3 Å². The van der Waals surface area contributed by atoms with Gasteiger partial charge < -0.3 is 5.32 Å². The Kier molecular flexibility index (Phi) is 3.77. The number of aryl methyl sites for hydroxylation is 1. The van der Waals surface area contributed by atoms with E-state index >= 15 is 0 Å². The van der Waals surface area contributed by atoms with Crippen LogP contribution in [0.2, 0.25) is 5.15 Å². The van der Waals surface area contributed by atoms with Crippen molar-refractivity contribution < 1.29 is 4.39 Å². The van der Waals surface area contributed by atoms with Gasteiger partial charge in [-0.05, 0) is 37.6 Å². The van der Waals surface area contributed by atoms with Crippen LogP contribution in [0.25, 0.3) is 0 Å². The number of benzene rings is 1. The fourth-order valence-electron chi connectivity index (χ4n) is 1.60. The molecule has 0 saturated heterocycles. The second kappa shape index (κ2) is 5.31. The van der Waals surface area contributed by atoms with Gasteiger partial charge in [0.05, 0.1) is 5.69 Å². The quantitative estimate of drug-likeness (QED) is 0.856. The molecule has 0 aliphatic rings. The maximum absolute atomic E-state index is 12.8. The van der Waals surface area contributed by atoms with Crippen molar-refractivity contribution in [2.45, 2.75) is 20.3 Å². The first-order valence-electron chi connectivity index (χ1n) is 5.65. The highest BCUT2D eigenvalue weighted by atomic mass is 35.5. The molecule has 5 heteroatoms. The molecular formula is C13H13ClFN3. The van der Waals surface area contributed by atoms with E-state index in [1.165, 1.54) is 12.1 Å². The summed E-state index contributed by atoms with van der Waals surface area (Å²) in [7, 11) is 0. The smallest absolute Gasteiger partial charge is 0.228 e. The van der Waals surface area contributed by atoms with Crippen molar-refractivity contribution in [3.05, 3.63) is 46.5 Å². The summed E-state index contributed by atoms with van der Waals surface area (Å²) in [5.74, 6) is 0.145. The Morgan fingerprint density at radius 3 is 2.50 bits per heavy atom. The van der Waals surface area contributed by atoms with Crippen LogP contribution in [0.15, 0.2) is 24.3 Å². The van der Waals surface area contributed by atoms with Gasteiger partial charge in [-0.1, -0.05) is 18.5 Å². The van der Waals surface area contributed by atoms with Crippen molar-refractivity contribution in [1.82, 2.24) is 9.97 Å². The van der Waals surface area contributed by atoms with E-state index in [-0.39, 0.29) is 5.82 Å². The summed E-state index contributed by atoms with van der Waals surface area (Å²) in [4.78, 5) is 8.52. The Hall–Kier alpha value is -1.68. The fraction of sp³-hybridized carbons (Fsp3) is 0.231. The maximum Gasteiger partial charge on any atom is 0.228 e. The molecule has 3 nitrogen and oxygen atoms in total. The van der Waals surface area contributed by atoms with Gasteiger partial charge in [0.2, 0.25) is 5.95 Å². The van der Waals surface area contributed by atoms with Crippen molar-refractivity contribution in [2.75, 3.05) is 5.32 Å². The molecule has 1 aromatic heterocycles. The third-order valence-electron chi connectivity index (χ3n) is 2.62. The van der Waals surface area contributed by atoms with Crippen LogP contribution in [0.4, 0.5) is 16.0 Å². The molecule has 0 saturated carbocycles. The number of anilines is 2. The van der Waals surface area contributed by atoms with Gasteiger partial charge in [-0.25, -0.2) is 14.4 Å². The molecule has 0 aliphatic heterocycles. The molecule has 2 rings (SSSR count). The molecule has 1 N–H and O–H groups in total.